The Labute approximate surface area is 224 Å². The fraction of sp³-hybridized carbons (Fsp3) is 0.286. The number of hydrogen-bond donors (Lipinski definition) is 1. The molecule has 0 fully saturated rings. The summed E-state index contributed by atoms with van der Waals surface area (Å²) in [5.41, 5.74) is 3.69. The molecule has 37 heavy (non-hydrogen) atoms. The molecule has 0 bridgehead atoms. The number of carbonyl (C=O) groups excluding carboxylic acids is 2. The summed E-state index contributed by atoms with van der Waals surface area (Å²) in [6.07, 6.45) is 1.32. The molecule has 0 aliphatic rings. The van der Waals surface area contributed by atoms with Gasteiger partial charge in [0.25, 0.3) is 0 Å². The van der Waals surface area contributed by atoms with Gasteiger partial charge in [-0.25, -0.2) is 8.42 Å². The molecule has 0 aliphatic carbocycles. The van der Waals surface area contributed by atoms with E-state index in [9.17, 15) is 18.0 Å². The minimum absolute atomic E-state index is 0.136. The molecule has 3 aromatic rings. The standard InChI is InChI=1S/C28H32ClN3O4S/c1-20-9-8-12-23(15-20)18-31(26(28(34)30-3)16-22-10-6-5-7-11-22)27(33)19-32(37(4,35)36)25-17-24(29)14-13-21(25)2/h5-15,17,26H,16,18-19H2,1-4H3,(H,30,34)/t26-/m0/s1. The van der Waals surface area contributed by atoms with Crippen molar-refractivity contribution in [1.29, 1.82) is 0 Å². The number of hydrogen-bond acceptors (Lipinski definition) is 4. The molecule has 0 aliphatic heterocycles. The Morgan fingerprint density at radius 2 is 1.62 bits per heavy atom. The monoisotopic (exact) mass is 541 g/mol. The lowest BCUT2D eigenvalue weighted by Gasteiger charge is -2.33. The molecule has 3 rings (SSSR count). The Kier molecular flexibility index (Phi) is 9.34. The summed E-state index contributed by atoms with van der Waals surface area (Å²) in [4.78, 5) is 28.5. The second-order valence-corrected chi connectivity index (χ2v) is 11.4. The van der Waals surface area contributed by atoms with Crippen LogP contribution in [0.5, 0.6) is 0 Å². The van der Waals surface area contributed by atoms with Gasteiger partial charge in [0.1, 0.15) is 12.6 Å². The summed E-state index contributed by atoms with van der Waals surface area (Å²) in [6.45, 7) is 3.36. The van der Waals surface area contributed by atoms with Crippen LogP contribution >= 0.6 is 11.6 Å². The largest absolute Gasteiger partial charge is 0.357 e. The molecule has 0 spiro atoms. The van der Waals surface area contributed by atoms with Crippen molar-refractivity contribution in [2.45, 2.75) is 32.9 Å². The maximum absolute atomic E-state index is 13.9. The first-order chi connectivity index (χ1) is 17.5. The number of rotatable bonds is 10. The van der Waals surface area contributed by atoms with Gasteiger partial charge in [-0.05, 0) is 42.7 Å². The molecule has 0 heterocycles. The van der Waals surface area contributed by atoms with Gasteiger partial charge in [0.05, 0.1) is 11.9 Å². The third-order valence-electron chi connectivity index (χ3n) is 6.07. The molecule has 196 valence electrons. The first-order valence-corrected chi connectivity index (χ1v) is 14.1. The van der Waals surface area contributed by atoms with Crippen LogP contribution in [0, 0.1) is 13.8 Å². The molecule has 0 aromatic heterocycles. The van der Waals surface area contributed by atoms with Crippen molar-refractivity contribution in [3.63, 3.8) is 0 Å². The summed E-state index contributed by atoms with van der Waals surface area (Å²) < 4.78 is 26.7. The Balaban J connectivity index is 2.06. The lowest BCUT2D eigenvalue weighted by atomic mass is 10.0. The van der Waals surface area contributed by atoms with Crippen molar-refractivity contribution in [3.05, 3.63) is 100 Å². The molecular weight excluding hydrogens is 510 g/mol. The maximum Gasteiger partial charge on any atom is 0.244 e. The Morgan fingerprint density at radius 3 is 2.24 bits per heavy atom. The van der Waals surface area contributed by atoms with Crippen LogP contribution in [0.2, 0.25) is 5.02 Å². The van der Waals surface area contributed by atoms with Gasteiger partial charge in [-0.1, -0.05) is 77.8 Å². The van der Waals surface area contributed by atoms with Crippen LogP contribution in [0.1, 0.15) is 22.3 Å². The van der Waals surface area contributed by atoms with E-state index in [0.29, 0.717) is 16.3 Å². The van der Waals surface area contributed by atoms with E-state index in [0.717, 1.165) is 27.3 Å². The lowest BCUT2D eigenvalue weighted by Crippen LogP contribution is -2.53. The summed E-state index contributed by atoms with van der Waals surface area (Å²) in [5, 5.41) is 3.02. The number of aryl methyl sites for hydroxylation is 2. The molecule has 1 atom stereocenters. The van der Waals surface area contributed by atoms with Gasteiger partial charge in [0.15, 0.2) is 0 Å². The molecule has 9 heteroatoms. The van der Waals surface area contributed by atoms with Crippen LogP contribution < -0.4 is 9.62 Å². The number of anilines is 1. The second-order valence-electron chi connectivity index (χ2n) is 9.03. The summed E-state index contributed by atoms with van der Waals surface area (Å²) >= 11 is 6.16. The average molecular weight is 542 g/mol. The van der Waals surface area contributed by atoms with Gasteiger partial charge in [-0.3, -0.25) is 13.9 Å². The minimum Gasteiger partial charge on any atom is -0.357 e. The van der Waals surface area contributed by atoms with E-state index in [-0.39, 0.29) is 18.9 Å². The van der Waals surface area contributed by atoms with Crippen LogP contribution in [0.15, 0.2) is 72.8 Å². The summed E-state index contributed by atoms with van der Waals surface area (Å²) in [7, 11) is -2.33. The number of nitrogens with one attached hydrogen (secondary N) is 1. The lowest BCUT2D eigenvalue weighted by molar-refractivity contribution is -0.139. The fourth-order valence-corrected chi connectivity index (χ4v) is 5.24. The highest BCUT2D eigenvalue weighted by Crippen LogP contribution is 2.27. The summed E-state index contributed by atoms with van der Waals surface area (Å²) in [5.74, 6) is -0.842. The van der Waals surface area contributed by atoms with Crippen molar-refractivity contribution in [1.82, 2.24) is 10.2 Å². The number of benzene rings is 3. The quantitative estimate of drug-likeness (QED) is 0.418. The van der Waals surface area contributed by atoms with Crippen molar-refractivity contribution < 1.29 is 18.0 Å². The average Bonchev–Trinajstić information content (AvgIpc) is 2.85. The number of amides is 2. The number of halogens is 1. The highest BCUT2D eigenvalue weighted by atomic mass is 35.5. The van der Waals surface area contributed by atoms with E-state index in [2.05, 4.69) is 5.32 Å². The highest BCUT2D eigenvalue weighted by Gasteiger charge is 2.33. The fourth-order valence-electron chi connectivity index (χ4n) is 4.17. The van der Waals surface area contributed by atoms with Crippen LogP contribution in [-0.4, -0.2) is 51.0 Å². The van der Waals surface area contributed by atoms with E-state index < -0.39 is 28.5 Å². The van der Waals surface area contributed by atoms with Gasteiger partial charge in [-0.15, -0.1) is 0 Å². The second kappa shape index (κ2) is 12.3. The normalized spacial score (nSPS) is 12.0. The van der Waals surface area contributed by atoms with Crippen molar-refractivity contribution in [2.24, 2.45) is 0 Å². The molecule has 7 nitrogen and oxygen atoms in total. The number of carbonyl (C=O) groups is 2. The van der Waals surface area contributed by atoms with Gasteiger partial charge in [-0.2, -0.15) is 0 Å². The van der Waals surface area contributed by atoms with E-state index >= 15 is 0 Å². The number of sulfonamides is 1. The van der Waals surface area contributed by atoms with Gasteiger partial charge < -0.3 is 10.2 Å². The van der Waals surface area contributed by atoms with Crippen molar-refractivity contribution in [2.75, 3.05) is 24.2 Å². The first-order valence-electron chi connectivity index (χ1n) is 11.8. The van der Waals surface area contributed by atoms with E-state index in [1.54, 1.807) is 19.1 Å². The molecule has 2 amide bonds. The Morgan fingerprint density at radius 1 is 0.946 bits per heavy atom. The zero-order valence-corrected chi connectivity index (χ0v) is 23.0. The van der Waals surface area contributed by atoms with E-state index in [1.807, 2.05) is 61.5 Å². The molecule has 0 radical (unpaired) electrons. The number of nitrogens with zero attached hydrogens (tertiary/aromatic N) is 2. The third-order valence-corrected chi connectivity index (χ3v) is 7.43. The molecule has 0 saturated carbocycles. The highest BCUT2D eigenvalue weighted by molar-refractivity contribution is 7.92. The van der Waals surface area contributed by atoms with Crippen LogP contribution in [0.3, 0.4) is 0 Å². The van der Waals surface area contributed by atoms with Gasteiger partial charge in [0, 0.05) is 25.0 Å². The molecule has 0 saturated heterocycles. The van der Waals surface area contributed by atoms with Crippen LogP contribution in [-0.2, 0) is 32.6 Å². The molecular formula is C28H32ClN3O4S. The maximum atomic E-state index is 13.9. The van der Waals surface area contributed by atoms with E-state index in [1.165, 1.54) is 18.0 Å². The SMILES string of the molecule is CNC(=O)[C@H](Cc1ccccc1)N(Cc1cccc(C)c1)C(=O)CN(c1cc(Cl)ccc1C)S(C)(=O)=O. The molecule has 0 unspecified atom stereocenters. The van der Waals surface area contributed by atoms with Crippen molar-refractivity contribution in [3.8, 4) is 0 Å². The zero-order chi connectivity index (χ0) is 27.2. The zero-order valence-electron chi connectivity index (χ0n) is 21.4. The summed E-state index contributed by atoms with van der Waals surface area (Å²) in [6, 6.07) is 21.1. The van der Waals surface area contributed by atoms with Crippen molar-refractivity contribution >= 4 is 39.1 Å². The van der Waals surface area contributed by atoms with Gasteiger partial charge >= 0.3 is 0 Å². The van der Waals surface area contributed by atoms with E-state index in [4.69, 9.17) is 11.6 Å². The Hall–Kier alpha value is -3.36. The predicted molar refractivity (Wildman–Crippen MR) is 148 cm³/mol. The Bertz CT molecular complexity index is 1360. The van der Waals surface area contributed by atoms with Gasteiger partial charge in [0.2, 0.25) is 21.8 Å². The topological polar surface area (TPSA) is 86.8 Å². The first kappa shape index (κ1) is 28.2. The molecule has 3 aromatic carbocycles. The van der Waals surface area contributed by atoms with Crippen LogP contribution in [0.4, 0.5) is 5.69 Å². The predicted octanol–water partition coefficient (Wildman–Crippen LogP) is 4.11. The smallest absolute Gasteiger partial charge is 0.244 e. The number of likely N-dealkylation sites (N-methyl/N-ethyl adjacent to an activating group) is 1. The third kappa shape index (κ3) is 7.57. The molecule has 1 N–H and O–H groups in total. The van der Waals surface area contributed by atoms with Crippen LogP contribution in [0.25, 0.3) is 0 Å². The minimum atomic E-state index is -3.85.